The summed E-state index contributed by atoms with van der Waals surface area (Å²) in [5, 5.41) is 0. The number of benzene rings is 2. The predicted octanol–water partition coefficient (Wildman–Crippen LogP) is 4.81. The largest absolute Gasteiger partial charge is 0.497 e. The average Bonchev–Trinajstić information content (AvgIpc) is 3.16. The number of methoxy groups -OCH3 is 1. The molecule has 1 heterocycles. The van der Waals surface area contributed by atoms with E-state index >= 15 is 0 Å². The van der Waals surface area contributed by atoms with Gasteiger partial charge in [0.05, 0.1) is 13.3 Å². The molecule has 0 aliphatic rings. The van der Waals surface area contributed by atoms with Crippen LogP contribution in [0.3, 0.4) is 0 Å². The molecule has 2 aromatic carbocycles. The number of hydrogen-bond donors (Lipinski definition) is 0. The lowest BCUT2D eigenvalue weighted by Crippen LogP contribution is -2.17. The molecule has 0 aliphatic heterocycles. The van der Waals surface area contributed by atoms with E-state index in [9.17, 15) is 4.79 Å². The summed E-state index contributed by atoms with van der Waals surface area (Å²) in [6.45, 7) is 4.89. The van der Waals surface area contributed by atoms with Crippen LogP contribution in [0.5, 0.6) is 5.75 Å². The van der Waals surface area contributed by atoms with E-state index in [1.807, 2.05) is 55.1 Å². The Hall–Kier alpha value is -3.34. The molecule has 1 aromatic heterocycles. The van der Waals surface area contributed by atoms with Gasteiger partial charge in [0.25, 0.3) is 0 Å². The molecule has 0 N–H and O–H groups in total. The zero-order valence-corrected chi connectivity index (χ0v) is 17.4. The van der Waals surface area contributed by atoms with Crippen molar-refractivity contribution < 1.29 is 9.53 Å². The van der Waals surface area contributed by atoms with Crippen LogP contribution in [0.25, 0.3) is 6.20 Å². The number of aromatic nitrogens is 2. The quantitative estimate of drug-likeness (QED) is 0.519. The molecule has 0 amide bonds. The van der Waals surface area contributed by atoms with E-state index in [1.165, 1.54) is 5.56 Å². The number of ether oxygens (including phenoxy) is 1. The van der Waals surface area contributed by atoms with Crippen molar-refractivity contribution in [3.8, 4) is 5.75 Å². The lowest BCUT2D eigenvalue weighted by molar-refractivity contribution is 0.111. The van der Waals surface area contributed by atoms with Crippen LogP contribution >= 0.6 is 0 Å². The molecule has 3 aromatic rings. The second-order valence-corrected chi connectivity index (χ2v) is 7.14. The highest BCUT2D eigenvalue weighted by molar-refractivity contribution is 5.73. The van der Waals surface area contributed by atoms with Crippen molar-refractivity contribution in [3.63, 3.8) is 0 Å². The van der Waals surface area contributed by atoms with Crippen molar-refractivity contribution in [2.75, 3.05) is 14.2 Å². The van der Waals surface area contributed by atoms with Crippen LogP contribution in [0.4, 0.5) is 0 Å². The fourth-order valence-electron chi connectivity index (χ4n) is 3.24. The first-order valence-corrected chi connectivity index (χ1v) is 9.63. The van der Waals surface area contributed by atoms with Crippen LogP contribution in [0.1, 0.15) is 47.2 Å². The third-order valence-corrected chi connectivity index (χ3v) is 5.16. The summed E-state index contributed by atoms with van der Waals surface area (Å²) < 4.78 is 7.11. The fourth-order valence-corrected chi connectivity index (χ4v) is 3.24. The van der Waals surface area contributed by atoms with E-state index in [-0.39, 0.29) is 5.92 Å². The summed E-state index contributed by atoms with van der Waals surface area (Å²) in [5.41, 5.74) is 3.91. The number of rotatable bonds is 8. The molecule has 3 rings (SSSR count). The number of carbonyl (C=O) groups is 1. The van der Waals surface area contributed by atoms with Crippen molar-refractivity contribution in [2.24, 2.45) is 0 Å². The van der Waals surface area contributed by atoms with Gasteiger partial charge in [-0.15, -0.1) is 0 Å². The summed E-state index contributed by atoms with van der Waals surface area (Å²) in [6, 6.07) is 18.2. The molecule has 150 valence electrons. The van der Waals surface area contributed by atoms with Gasteiger partial charge in [-0.2, -0.15) is 0 Å². The maximum absolute atomic E-state index is 11.6. The third-order valence-electron chi connectivity index (χ3n) is 5.16. The van der Waals surface area contributed by atoms with Gasteiger partial charge in [0.2, 0.25) is 0 Å². The molecule has 0 saturated carbocycles. The Morgan fingerprint density at radius 1 is 1.17 bits per heavy atom. The Bertz CT molecular complexity index is 975. The van der Waals surface area contributed by atoms with E-state index in [2.05, 4.69) is 41.1 Å². The third kappa shape index (κ3) is 4.74. The summed E-state index contributed by atoms with van der Waals surface area (Å²) in [5.74, 6) is 1.76. The van der Waals surface area contributed by atoms with Crippen molar-refractivity contribution in [1.29, 1.82) is 0 Å². The fraction of sp³-hybridized carbons (Fsp3) is 0.250. The summed E-state index contributed by atoms with van der Waals surface area (Å²) in [4.78, 5) is 18.3. The Labute approximate surface area is 172 Å². The molecule has 0 aliphatic carbocycles. The number of imidazole rings is 1. The Balaban J connectivity index is 1.85. The molecule has 0 spiro atoms. The monoisotopic (exact) mass is 389 g/mol. The molecular weight excluding hydrogens is 362 g/mol. The van der Waals surface area contributed by atoms with Gasteiger partial charge in [0.1, 0.15) is 17.3 Å². The SMILES string of the molecule is COc1ccc(CN(C)/C(C)=C\n2c(C=O)cnc2[C@H](C)c2ccccc2)cc1. The van der Waals surface area contributed by atoms with Crippen molar-refractivity contribution in [3.05, 3.63) is 89.1 Å². The Morgan fingerprint density at radius 3 is 2.48 bits per heavy atom. The highest BCUT2D eigenvalue weighted by Gasteiger charge is 2.17. The van der Waals surface area contributed by atoms with E-state index in [0.717, 1.165) is 35.7 Å². The molecule has 0 radical (unpaired) electrons. The molecule has 0 bridgehead atoms. The van der Waals surface area contributed by atoms with Crippen LogP contribution in [0.15, 0.2) is 66.5 Å². The first kappa shape index (κ1) is 20.4. The molecule has 0 saturated heterocycles. The number of carbonyl (C=O) groups excluding carboxylic acids is 1. The number of allylic oxidation sites excluding steroid dienone is 1. The minimum absolute atomic E-state index is 0.0702. The zero-order valence-electron chi connectivity index (χ0n) is 17.4. The van der Waals surface area contributed by atoms with Gasteiger partial charge < -0.3 is 9.64 Å². The molecule has 0 unspecified atom stereocenters. The van der Waals surface area contributed by atoms with Crippen LogP contribution in [-0.2, 0) is 6.54 Å². The lowest BCUT2D eigenvalue weighted by Gasteiger charge is -2.21. The topological polar surface area (TPSA) is 47.4 Å². The van der Waals surface area contributed by atoms with Crippen LogP contribution < -0.4 is 4.74 Å². The number of aldehydes is 1. The first-order valence-electron chi connectivity index (χ1n) is 9.63. The molecular formula is C24H27N3O2. The normalized spacial score (nSPS) is 12.5. The highest BCUT2D eigenvalue weighted by Crippen LogP contribution is 2.25. The van der Waals surface area contributed by atoms with Gasteiger partial charge in [-0.25, -0.2) is 4.98 Å². The minimum atomic E-state index is 0.0702. The highest BCUT2D eigenvalue weighted by atomic mass is 16.5. The lowest BCUT2D eigenvalue weighted by atomic mass is 10.0. The number of nitrogens with zero attached hydrogens (tertiary/aromatic N) is 3. The average molecular weight is 389 g/mol. The van der Waals surface area contributed by atoms with Crippen molar-refractivity contribution >= 4 is 12.5 Å². The van der Waals surface area contributed by atoms with Crippen LogP contribution in [0.2, 0.25) is 0 Å². The van der Waals surface area contributed by atoms with Crippen LogP contribution in [0, 0.1) is 0 Å². The maximum Gasteiger partial charge on any atom is 0.168 e. The molecule has 1 atom stereocenters. The molecule has 5 nitrogen and oxygen atoms in total. The Kier molecular flexibility index (Phi) is 6.50. The van der Waals surface area contributed by atoms with Crippen molar-refractivity contribution in [1.82, 2.24) is 14.5 Å². The standard InChI is InChI=1S/C24H27N3O2/c1-18(26(3)16-20-10-12-23(29-4)13-11-20)15-27-22(17-28)14-25-24(27)19(2)21-8-6-5-7-9-21/h5-15,17,19H,16H2,1-4H3/b18-15-/t19-/m1/s1. The molecule has 29 heavy (non-hydrogen) atoms. The summed E-state index contributed by atoms with van der Waals surface area (Å²) in [6.07, 6.45) is 4.46. The summed E-state index contributed by atoms with van der Waals surface area (Å²) >= 11 is 0. The zero-order chi connectivity index (χ0) is 20.8. The molecule has 5 heteroatoms. The van der Waals surface area contributed by atoms with Gasteiger partial charge in [0.15, 0.2) is 6.29 Å². The first-order chi connectivity index (χ1) is 14.0. The van der Waals surface area contributed by atoms with E-state index in [1.54, 1.807) is 13.3 Å². The van der Waals surface area contributed by atoms with Gasteiger partial charge in [-0.1, -0.05) is 49.4 Å². The van der Waals surface area contributed by atoms with Gasteiger partial charge in [-0.3, -0.25) is 9.36 Å². The second kappa shape index (κ2) is 9.24. The van der Waals surface area contributed by atoms with E-state index < -0.39 is 0 Å². The summed E-state index contributed by atoms with van der Waals surface area (Å²) in [7, 11) is 3.70. The van der Waals surface area contributed by atoms with E-state index in [4.69, 9.17) is 4.74 Å². The molecule has 0 fully saturated rings. The number of hydrogen-bond acceptors (Lipinski definition) is 4. The minimum Gasteiger partial charge on any atom is -0.497 e. The maximum atomic E-state index is 11.6. The van der Waals surface area contributed by atoms with Gasteiger partial charge in [0, 0.05) is 31.4 Å². The second-order valence-electron chi connectivity index (χ2n) is 7.14. The predicted molar refractivity (Wildman–Crippen MR) is 116 cm³/mol. The van der Waals surface area contributed by atoms with Crippen LogP contribution in [-0.4, -0.2) is 34.9 Å². The van der Waals surface area contributed by atoms with E-state index in [0.29, 0.717) is 5.69 Å². The Morgan fingerprint density at radius 2 is 1.86 bits per heavy atom. The van der Waals surface area contributed by atoms with Gasteiger partial charge >= 0.3 is 0 Å². The van der Waals surface area contributed by atoms with Gasteiger partial charge in [-0.05, 0) is 30.2 Å². The van der Waals surface area contributed by atoms with Crippen molar-refractivity contribution in [2.45, 2.75) is 26.3 Å². The smallest absolute Gasteiger partial charge is 0.168 e.